The maximum Gasteiger partial charge on any atom is 0.0744 e. The molecule has 0 atom stereocenters. The van der Waals surface area contributed by atoms with Gasteiger partial charge in [-0.1, -0.05) is 12.8 Å². The lowest BCUT2D eigenvalue weighted by molar-refractivity contribution is 0.374. The summed E-state index contributed by atoms with van der Waals surface area (Å²) in [6, 6.07) is 0. The molecule has 0 fully saturated rings. The summed E-state index contributed by atoms with van der Waals surface area (Å²) in [4.78, 5) is 2.16. The molecule has 0 aliphatic carbocycles. The quantitative estimate of drug-likeness (QED) is 0.660. The molecule has 0 rings (SSSR count). The fourth-order valence-electron chi connectivity index (χ4n) is 0.946. The van der Waals surface area contributed by atoms with Crippen LogP contribution in [0.4, 0.5) is 0 Å². The van der Waals surface area contributed by atoms with Gasteiger partial charge in [0.15, 0.2) is 0 Å². The van der Waals surface area contributed by atoms with Gasteiger partial charge in [0, 0.05) is 19.5 Å². The van der Waals surface area contributed by atoms with Crippen molar-refractivity contribution < 1.29 is 0 Å². The van der Waals surface area contributed by atoms with Crippen LogP contribution in [0.15, 0.2) is 0 Å². The van der Waals surface area contributed by atoms with E-state index in [0.717, 1.165) is 19.5 Å². The van der Waals surface area contributed by atoms with E-state index in [1.807, 2.05) is 0 Å². The average molecular weight is 182 g/mol. The van der Waals surface area contributed by atoms with E-state index >= 15 is 0 Å². The third-order valence-corrected chi connectivity index (χ3v) is 1.70. The van der Waals surface area contributed by atoms with Gasteiger partial charge in [0.1, 0.15) is 0 Å². The highest BCUT2D eigenvalue weighted by atomic mass is 15.1. The van der Waals surface area contributed by atoms with E-state index in [-0.39, 0.29) is 5.54 Å². The van der Waals surface area contributed by atoms with Crippen molar-refractivity contribution in [3.05, 3.63) is 0 Å². The van der Waals surface area contributed by atoms with Crippen molar-refractivity contribution in [3.8, 4) is 11.8 Å². The Kier molecular flexibility index (Phi) is 5.77. The van der Waals surface area contributed by atoms with E-state index in [2.05, 4.69) is 56.9 Å². The lowest BCUT2D eigenvalue weighted by Gasteiger charge is -2.21. The zero-order chi connectivity index (χ0) is 10.3. The molecule has 2 heteroatoms. The SMILES string of the molecule is CCC#CC(C)(C)NCCN(C)C. The zero-order valence-electron chi connectivity index (χ0n) is 9.57. The summed E-state index contributed by atoms with van der Waals surface area (Å²) in [5.41, 5.74) is -0.0496. The highest BCUT2D eigenvalue weighted by Crippen LogP contribution is 1.98. The molecule has 0 aliphatic heterocycles. The molecule has 1 N–H and O–H groups in total. The predicted molar refractivity (Wildman–Crippen MR) is 58.7 cm³/mol. The molecule has 0 aromatic carbocycles. The molecule has 76 valence electrons. The van der Waals surface area contributed by atoms with Crippen LogP contribution >= 0.6 is 0 Å². The predicted octanol–water partition coefficient (Wildman–Crippen LogP) is 1.33. The molecule has 0 radical (unpaired) electrons. The van der Waals surface area contributed by atoms with Crippen LogP contribution in [-0.4, -0.2) is 37.6 Å². The van der Waals surface area contributed by atoms with E-state index in [1.165, 1.54) is 0 Å². The first kappa shape index (κ1) is 12.5. The van der Waals surface area contributed by atoms with E-state index in [9.17, 15) is 0 Å². The number of nitrogens with one attached hydrogen (secondary N) is 1. The van der Waals surface area contributed by atoms with Crippen LogP contribution < -0.4 is 5.32 Å². The van der Waals surface area contributed by atoms with Crippen molar-refractivity contribution in [2.45, 2.75) is 32.7 Å². The average Bonchev–Trinajstić information content (AvgIpc) is 2.00. The molecule has 2 nitrogen and oxygen atoms in total. The molecule has 0 aliphatic rings. The molecule has 0 aromatic heterocycles. The highest BCUT2D eigenvalue weighted by molar-refractivity contribution is 5.13. The van der Waals surface area contributed by atoms with Crippen LogP contribution in [0.1, 0.15) is 27.2 Å². The normalized spacial score (nSPS) is 11.2. The van der Waals surface area contributed by atoms with E-state index in [1.54, 1.807) is 0 Å². The first-order valence-corrected chi connectivity index (χ1v) is 4.87. The van der Waals surface area contributed by atoms with Gasteiger partial charge in [0.25, 0.3) is 0 Å². The number of rotatable bonds is 4. The second-order valence-corrected chi connectivity index (χ2v) is 4.01. The topological polar surface area (TPSA) is 15.3 Å². The lowest BCUT2D eigenvalue weighted by atomic mass is 10.1. The summed E-state index contributed by atoms with van der Waals surface area (Å²) in [6.45, 7) is 8.34. The summed E-state index contributed by atoms with van der Waals surface area (Å²) in [7, 11) is 4.15. The fourth-order valence-corrected chi connectivity index (χ4v) is 0.946. The molecule has 13 heavy (non-hydrogen) atoms. The smallest absolute Gasteiger partial charge is 0.0744 e. The lowest BCUT2D eigenvalue weighted by Crippen LogP contribution is -2.41. The van der Waals surface area contributed by atoms with Gasteiger partial charge >= 0.3 is 0 Å². The molecule has 0 saturated carbocycles. The molecule has 0 aromatic rings. The highest BCUT2D eigenvalue weighted by Gasteiger charge is 2.11. The zero-order valence-corrected chi connectivity index (χ0v) is 9.57. The van der Waals surface area contributed by atoms with Crippen molar-refractivity contribution in [2.24, 2.45) is 0 Å². The molecule has 0 saturated heterocycles. The van der Waals surface area contributed by atoms with Gasteiger partial charge in [0.05, 0.1) is 5.54 Å². The van der Waals surface area contributed by atoms with Crippen LogP contribution in [-0.2, 0) is 0 Å². The second kappa shape index (κ2) is 6.01. The van der Waals surface area contributed by atoms with Crippen molar-refractivity contribution >= 4 is 0 Å². The minimum Gasteiger partial charge on any atom is -0.308 e. The molecule has 0 spiro atoms. The monoisotopic (exact) mass is 182 g/mol. The summed E-state index contributed by atoms with van der Waals surface area (Å²) >= 11 is 0. The number of hydrogen-bond acceptors (Lipinski definition) is 2. The molecule has 0 heterocycles. The van der Waals surface area contributed by atoms with Gasteiger partial charge in [-0.2, -0.15) is 0 Å². The largest absolute Gasteiger partial charge is 0.308 e. The van der Waals surface area contributed by atoms with Crippen molar-refractivity contribution in [1.29, 1.82) is 0 Å². The standard InChI is InChI=1S/C11H22N2/c1-6-7-8-11(2,3)12-9-10-13(4)5/h12H,6,9-10H2,1-5H3. The van der Waals surface area contributed by atoms with Gasteiger partial charge in [-0.05, 0) is 27.9 Å². The fraction of sp³-hybridized carbons (Fsp3) is 0.818. The Morgan fingerprint density at radius 2 is 1.92 bits per heavy atom. The Balaban J connectivity index is 3.75. The van der Waals surface area contributed by atoms with E-state index < -0.39 is 0 Å². The third kappa shape index (κ3) is 7.83. The van der Waals surface area contributed by atoms with Crippen molar-refractivity contribution in [2.75, 3.05) is 27.2 Å². The third-order valence-electron chi connectivity index (χ3n) is 1.70. The minimum absolute atomic E-state index is 0.0496. The molecular weight excluding hydrogens is 160 g/mol. The summed E-state index contributed by atoms with van der Waals surface area (Å²) < 4.78 is 0. The molecule has 0 amide bonds. The second-order valence-electron chi connectivity index (χ2n) is 4.01. The van der Waals surface area contributed by atoms with E-state index in [4.69, 9.17) is 0 Å². The van der Waals surface area contributed by atoms with Gasteiger partial charge in [0.2, 0.25) is 0 Å². The van der Waals surface area contributed by atoms with Crippen LogP contribution in [0.5, 0.6) is 0 Å². The summed E-state index contributed by atoms with van der Waals surface area (Å²) in [5, 5.41) is 3.41. The van der Waals surface area contributed by atoms with Crippen LogP contribution in [0.2, 0.25) is 0 Å². The Morgan fingerprint density at radius 1 is 1.31 bits per heavy atom. The van der Waals surface area contributed by atoms with Gasteiger partial charge in [-0.3, -0.25) is 0 Å². The number of hydrogen-bond donors (Lipinski definition) is 1. The Labute approximate surface area is 82.7 Å². The van der Waals surface area contributed by atoms with E-state index in [0.29, 0.717) is 0 Å². The van der Waals surface area contributed by atoms with Crippen LogP contribution in [0.3, 0.4) is 0 Å². The summed E-state index contributed by atoms with van der Waals surface area (Å²) in [6.07, 6.45) is 0.929. The molecular formula is C11H22N2. The minimum atomic E-state index is -0.0496. The van der Waals surface area contributed by atoms with Crippen molar-refractivity contribution in [3.63, 3.8) is 0 Å². The van der Waals surface area contributed by atoms with Crippen molar-refractivity contribution in [1.82, 2.24) is 10.2 Å². The Morgan fingerprint density at radius 3 is 2.38 bits per heavy atom. The van der Waals surface area contributed by atoms with Gasteiger partial charge < -0.3 is 10.2 Å². The Bertz CT molecular complexity index is 184. The van der Waals surface area contributed by atoms with Crippen LogP contribution in [0.25, 0.3) is 0 Å². The number of nitrogens with zero attached hydrogens (tertiary/aromatic N) is 1. The first-order valence-electron chi connectivity index (χ1n) is 4.87. The van der Waals surface area contributed by atoms with Gasteiger partial charge in [-0.25, -0.2) is 0 Å². The summed E-state index contributed by atoms with van der Waals surface area (Å²) in [5.74, 6) is 6.30. The Hall–Kier alpha value is -0.520. The maximum atomic E-state index is 3.41. The van der Waals surface area contributed by atoms with Gasteiger partial charge in [-0.15, -0.1) is 5.92 Å². The number of likely N-dealkylation sites (N-methyl/N-ethyl adjacent to an activating group) is 1. The first-order chi connectivity index (χ1) is 5.98. The van der Waals surface area contributed by atoms with Crippen LogP contribution in [0, 0.1) is 11.8 Å². The molecule has 0 unspecified atom stereocenters. The maximum absolute atomic E-state index is 3.41. The molecule has 0 bridgehead atoms.